The molecule has 0 aromatic heterocycles. The van der Waals surface area contributed by atoms with Gasteiger partial charge in [0.2, 0.25) is 5.78 Å². The molecule has 0 aliphatic carbocycles. The van der Waals surface area contributed by atoms with Crippen LogP contribution in [0.5, 0.6) is 0 Å². The molecule has 23 heavy (non-hydrogen) atoms. The number of alkyl carbamates (subject to hydrolysis) is 1. The maximum Gasteiger partial charge on any atom is 0.407 e. The van der Waals surface area contributed by atoms with Crippen molar-refractivity contribution >= 4 is 17.8 Å². The van der Waals surface area contributed by atoms with Crippen LogP contribution in [0.2, 0.25) is 0 Å². The minimum Gasteiger partial charge on any atom is -0.454 e. The van der Waals surface area contributed by atoms with Gasteiger partial charge in [0, 0.05) is 12.1 Å². The second kappa shape index (κ2) is 8.31. The molecule has 6 heteroatoms. The SMILES string of the molecule is CC(OC(=O)CCNC(=O)OC(C)(C)C)C(=O)c1ccccc1. The number of benzene rings is 1. The molecule has 0 aliphatic rings. The Kier molecular flexibility index (Phi) is 6.75. The molecule has 0 saturated carbocycles. The third-order valence-electron chi connectivity index (χ3n) is 2.73. The molecule has 0 fully saturated rings. The molecule has 0 spiro atoms. The van der Waals surface area contributed by atoms with Gasteiger partial charge in [0.1, 0.15) is 5.60 Å². The maximum atomic E-state index is 12.1. The third-order valence-corrected chi connectivity index (χ3v) is 2.73. The van der Waals surface area contributed by atoms with Gasteiger partial charge >= 0.3 is 12.1 Å². The molecule has 1 unspecified atom stereocenters. The lowest BCUT2D eigenvalue weighted by Gasteiger charge is -2.19. The minimum atomic E-state index is -0.869. The molecule has 1 N–H and O–H groups in total. The fourth-order valence-electron chi connectivity index (χ4n) is 1.73. The summed E-state index contributed by atoms with van der Waals surface area (Å²) >= 11 is 0. The van der Waals surface area contributed by atoms with E-state index in [4.69, 9.17) is 9.47 Å². The molecule has 0 aliphatic heterocycles. The number of hydrogen-bond donors (Lipinski definition) is 1. The Bertz CT molecular complexity index is 548. The maximum absolute atomic E-state index is 12.1. The van der Waals surface area contributed by atoms with E-state index in [1.807, 2.05) is 0 Å². The summed E-state index contributed by atoms with van der Waals surface area (Å²) in [5.74, 6) is -0.822. The monoisotopic (exact) mass is 321 g/mol. The zero-order valence-corrected chi connectivity index (χ0v) is 13.9. The highest BCUT2D eigenvalue weighted by Gasteiger charge is 2.20. The van der Waals surface area contributed by atoms with Crippen LogP contribution in [-0.2, 0) is 14.3 Å². The van der Waals surface area contributed by atoms with Gasteiger partial charge in [-0.2, -0.15) is 0 Å². The van der Waals surface area contributed by atoms with E-state index < -0.39 is 23.8 Å². The number of amides is 1. The normalized spacial score (nSPS) is 12.2. The summed E-state index contributed by atoms with van der Waals surface area (Å²) in [6.45, 7) is 6.85. The molecule has 0 radical (unpaired) electrons. The number of Topliss-reactive ketones (excluding diaryl/α,β-unsaturated/α-hetero) is 1. The van der Waals surface area contributed by atoms with E-state index in [0.717, 1.165) is 0 Å². The molecular formula is C17H23NO5. The first-order valence-corrected chi connectivity index (χ1v) is 7.44. The fourth-order valence-corrected chi connectivity index (χ4v) is 1.73. The van der Waals surface area contributed by atoms with Crippen LogP contribution in [-0.4, -0.2) is 36.1 Å². The van der Waals surface area contributed by atoms with Gasteiger partial charge in [-0.25, -0.2) is 4.79 Å². The Morgan fingerprint density at radius 2 is 1.74 bits per heavy atom. The number of carbonyl (C=O) groups is 3. The van der Waals surface area contributed by atoms with Crippen molar-refractivity contribution in [2.75, 3.05) is 6.54 Å². The molecule has 1 atom stereocenters. The lowest BCUT2D eigenvalue weighted by atomic mass is 10.1. The van der Waals surface area contributed by atoms with Crippen LogP contribution in [0.4, 0.5) is 4.79 Å². The first-order valence-electron chi connectivity index (χ1n) is 7.44. The van der Waals surface area contributed by atoms with E-state index in [2.05, 4.69) is 5.32 Å². The number of esters is 1. The Morgan fingerprint density at radius 3 is 2.30 bits per heavy atom. The van der Waals surface area contributed by atoms with Gasteiger partial charge in [0.15, 0.2) is 6.10 Å². The van der Waals surface area contributed by atoms with Crippen LogP contribution in [0.25, 0.3) is 0 Å². The molecule has 1 aromatic rings. The second-order valence-electron chi connectivity index (χ2n) is 6.04. The number of hydrogen-bond acceptors (Lipinski definition) is 5. The smallest absolute Gasteiger partial charge is 0.407 e. The average Bonchev–Trinajstić information content (AvgIpc) is 2.45. The summed E-state index contributed by atoms with van der Waals surface area (Å²) in [6, 6.07) is 8.61. The summed E-state index contributed by atoms with van der Waals surface area (Å²) in [6.07, 6.45) is -1.50. The van der Waals surface area contributed by atoms with E-state index in [-0.39, 0.29) is 18.7 Å². The molecule has 1 amide bonds. The average molecular weight is 321 g/mol. The van der Waals surface area contributed by atoms with Crippen molar-refractivity contribution in [2.45, 2.75) is 45.8 Å². The molecule has 6 nitrogen and oxygen atoms in total. The number of nitrogens with one attached hydrogen (secondary N) is 1. The van der Waals surface area contributed by atoms with Crippen molar-refractivity contribution in [1.29, 1.82) is 0 Å². The van der Waals surface area contributed by atoms with Crippen LogP contribution in [0.1, 0.15) is 44.5 Å². The lowest BCUT2D eigenvalue weighted by molar-refractivity contribution is -0.146. The van der Waals surface area contributed by atoms with E-state index in [0.29, 0.717) is 5.56 Å². The Morgan fingerprint density at radius 1 is 1.13 bits per heavy atom. The quantitative estimate of drug-likeness (QED) is 0.643. The number of rotatable bonds is 6. The van der Waals surface area contributed by atoms with Gasteiger partial charge in [0.25, 0.3) is 0 Å². The highest BCUT2D eigenvalue weighted by molar-refractivity contribution is 6.00. The van der Waals surface area contributed by atoms with Crippen molar-refractivity contribution in [3.8, 4) is 0 Å². The zero-order valence-electron chi connectivity index (χ0n) is 13.9. The number of ketones is 1. The minimum absolute atomic E-state index is 0.0361. The predicted molar refractivity (Wildman–Crippen MR) is 85.2 cm³/mol. The van der Waals surface area contributed by atoms with Crippen molar-refractivity contribution in [1.82, 2.24) is 5.32 Å². The summed E-state index contributed by atoms with van der Waals surface area (Å²) in [4.78, 5) is 35.2. The van der Waals surface area contributed by atoms with Crippen LogP contribution in [0.3, 0.4) is 0 Å². The van der Waals surface area contributed by atoms with E-state index in [9.17, 15) is 14.4 Å². The van der Waals surface area contributed by atoms with Crippen LogP contribution in [0, 0.1) is 0 Å². The first-order chi connectivity index (χ1) is 10.7. The third kappa shape index (κ3) is 7.44. The van der Waals surface area contributed by atoms with Crippen LogP contribution in [0.15, 0.2) is 30.3 Å². The van der Waals surface area contributed by atoms with Crippen molar-refractivity contribution in [3.05, 3.63) is 35.9 Å². The van der Waals surface area contributed by atoms with Crippen molar-refractivity contribution < 1.29 is 23.9 Å². The fraction of sp³-hybridized carbons (Fsp3) is 0.471. The van der Waals surface area contributed by atoms with Gasteiger partial charge in [-0.1, -0.05) is 30.3 Å². The summed E-state index contributed by atoms with van der Waals surface area (Å²) in [5.41, 5.74) is -0.110. The van der Waals surface area contributed by atoms with Crippen molar-refractivity contribution in [2.24, 2.45) is 0 Å². The highest BCUT2D eigenvalue weighted by Crippen LogP contribution is 2.08. The Balaban J connectivity index is 2.34. The van der Waals surface area contributed by atoms with Crippen LogP contribution < -0.4 is 5.32 Å². The zero-order chi connectivity index (χ0) is 17.5. The van der Waals surface area contributed by atoms with Gasteiger partial charge < -0.3 is 14.8 Å². The molecule has 1 rings (SSSR count). The summed E-state index contributed by atoms with van der Waals surface area (Å²) < 4.78 is 10.1. The molecular weight excluding hydrogens is 298 g/mol. The van der Waals surface area contributed by atoms with Crippen LogP contribution >= 0.6 is 0 Å². The van der Waals surface area contributed by atoms with Gasteiger partial charge in [-0.15, -0.1) is 0 Å². The van der Waals surface area contributed by atoms with Gasteiger partial charge in [0.05, 0.1) is 6.42 Å². The van der Waals surface area contributed by atoms with Gasteiger partial charge in [-0.3, -0.25) is 9.59 Å². The van der Waals surface area contributed by atoms with Crippen molar-refractivity contribution in [3.63, 3.8) is 0 Å². The molecule has 0 saturated heterocycles. The molecule has 1 aromatic carbocycles. The van der Waals surface area contributed by atoms with Gasteiger partial charge in [-0.05, 0) is 27.7 Å². The Labute approximate surface area is 136 Å². The largest absolute Gasteiger partial charge is 0.454 e. The summed E-state index contributed by atoms with van der Waals surface area (Å²) in [7, 11) is 0. The predicted octanol–water partition coefficient (Wildman–Crippen LogP) is 2.72. The van der Waals surface area contributed by atoms with E-state index in [1.54, 1.807) is 51.1 Å². The van der Waals surface area contributed by atoms with E-state index in [1.165, 1.54) is 6.92 Å². The molecule has 0 heterocycles. The van der Waals surface area contributed by atoms with E-state index >= 15 is 0 Å². The second-order valence-corrected chi connectivity index (χ2v) is 6.04. The number of carbonyl (C=O) groups excluding carboxylic acids is 3. The molecule has 126 valence electrons. The Hall–Kier alpha value is -2.37. The molecule has 0 bridgehead atoms. The standard InChI is InChI=1S/C17H23NO5/c1-12(15(20)13-8-6-5-7-9-13)22-14(19)10-11-18-16(21)23-17(2,3)4/h5-9,12H,10-11H2,1-4H3,(H,18,21). The topological polar surface area (TPSA) is 81.7 Å². The first kappa shape index (κ1) is 18.7. The number of ether oxygens (including phenoxy) is 2. The lowest BCUT2D eigenvalue weighted by Crippen LogP contribution is -2.34. The highest BCUT2D eigenvalue weighted by atomic mass is 16.6. The summed E-state index contributed by atoms with van der Waals surface area (Å²) in [5, 5.41) is 2.46.